The van der Waals surface area contributed by atoms with Crippen LogP contribution in [0.2, 0.25) is 10.0 Å². The molecular weight excluding hydrogens is 573 g/mol. The molecule has 1 atom stereocenters. The molecule has 0 bridgehead atoms. The summed E-state index contributed by atoms with van der Waals surface area (Å²) < 4.78 is 33.8. The molecule has 0 aliphatic rings. The molecule has 0 heterocycles. The predicted octanol–water partition coefficient (Wildman–Crippen LogP) is 5.53. The molecule has 214 valence electrons. The number of carbonyl (C=O) groups excluding carboxylic acids is 2. The van der Waals surface area contributed by atoms with E-state index in [0.717, 1.165) is 22.7 Å². The van der Waals surface area contributed by atoms with Gasteiger partial charge in [-0.25, -0.2) is 8.42 Å². The van der Waals surface area contributed by atoms with Crippen LogP contribution in [-0.4, -0.2) is 51.4 Å². The summed E-state index contributed by atoms with van der Waals surface area (Å²) in [5.41, 5.74) is 0.988. The topological polar surface area (TPSA) is 96.0 Å². The molecule has 0 spiro atoms. The minimum absolute atomic E-state index is 0.0225. The lowest BCUT2D eigenvalue weighted by Gasteiger charge is -2.32. The maximum absolute atomic E-state index is 13.9. The molecule has 0 fully saturated rings. The highest BCUT2D eigenvalue weighted by Gasteiger charge is 2.32. The average Bonchev–Trinajstić information content (AvgIpc) is 2.95. The van der Waals surface area contributed by atoms with Crippen LogP contribution in [0.4, 0.5) is 5.69 Å². The molecule has 8 nitrogen and oxygen atoms in total. The van der Waals surface area contributed by atoms with Crippen molar-refractivity contribution in [1.82, 2.24) is 10.2 Å². The maximum Gasteiger partial charge on any atom is 0.264 e. The molecule has 0 saturated carbocycles. The van der Waals surface area contributed by atoms with E-state index in [1.54, 1.807) is 43.3 Å². The Morgan fingerprint density at radius 3 is 2.05 bits per heavy atom. The van der Waals surface area contributed by atoms with Crippen LogP contribution in [0.25, 0.3) is 0 Å². The number of hydrogen-bond donors (Lipinski definition) is 1. The van der Waals surface area contributed by atoms with Crippen LogP contribution in [0.3, 0.4) is 0 Å². The molecule has 3 rings (SSSR count). The van der Waals surface area contributed by atoms with Gasteiger partial charge in [0.05, 0.1) is 17.7 Å². The largest absolute Gasteiger partial charge is 0.497 e. The number of nitrogens with zero attached hydrogens (tertiary/aromatic N) is 2. The number of benzene rings is 3. The van der Waals surface area contributed by atoms with E-state index in [2.05, 4.69) is 5.32 Å². The van der Waals surface area contributed by atoms with Crippen LogP contribution in [0.5, 0.6) is 5.75 Å². The first-order valence-corrected chi connectivity index (χ1v) is 15.0. The van der Waals surface area contributed by atoms with Crippen molar-refractivity contribution in [3.63, 3.8) is 0 Å². The Morgan fingerprint density at radius 1 is 0.925 bits per heavy atom. The van der Waals surface area contributed by atoms with Crippen LogP contribution >= 0.6 is 23.2 Å². The first-order chi connectivity index (χ1) is 19.1. The van der Waals surface area contributed by atoms with Gasteiger partial charge in [0.1, 0.15) is 18.3 Å². The van der Waals surface area contributed by atoms with Crippen molar-refractivity contribution >= 4 is 50.7 Å². The van der Waals surface area contributed by atoms with Gasteiger partial charge in [0.15, 0.2) is 0 Å². The van der Waals surface area contributed by atoms with Crippen molar-refractivity contribution in [2.24, 2.45) is 0 Å². The highest BCUT2D eigenvalue weighted by Crippen LogP contribution is 2.27. The number of sulfonamides is 1. The smallest absolute Gasteiger partial charge is 0.264 e. The minimum atomic E-state index is -4.19. The number of ether oxygens (including phenoxy) is 1. The third-order valence-electron chi connectivity index (χ3n) is 6.30. The first-order valence-electron chi connectivity index (χ1n) is 12.8. The molecule has 0 aromatic heterocycles. The van der Waals surface area contributed by atoms with E-state index >= 15 is 0 Å². The highest BCUT2D eigenvalue weighted by atomic mass is 35.5. The van der Waals surface area contributed by atoms with Crippen molar-refractivity contribution in [2.45, 2.75) is 44.2 Å². The van der Waals surface area contributed by atoms with Gasteiger partial charge in [-0.1, -0.05) is 48.7 Å². The van der Waals surface area contributed by atoms with Gasteiger partial charge >= 0.3 is 0 Å². The van der Waals surface area contributed by atoms with E-state index in [4.69, 9.17) is 27.9 Å². The standard InChI is InChI=1S/C29H33Cl2N3O5S/c1-4-5-18-32-29(36)21(2)33(19-22-6-8-23(30)9-7-22)28(35)20-34(25-12-10-24(31)11-13-25)40(37,38)27-16-14-26(39-3)15-17-27/h6-17,21H,4-5,18-20H2,1-3H3,(H,32,36). The fourth-order valence-corrected chi connectivity index (χ4v) is 5.58. The van der Waals surface area contributed by atoms with Gasteiger partial charge in [-0.3, -0.25) is 13.9 Å². The van der Waals surface area contributed by atoms with Crippen molar-refractivity contribution in [3.05, 3.63) is 88.4 Å². The molecule has 0 radical (unpaired) electrons. The lowest BCUT2D eigenvalue weighted by atomic mass is 10.1. The molecule has 11 heteroatoms. The van der Waals surface area contributed by atoms with Crippen LogP contribution in [0.1, 0.15) is 32.3 Å². The molecule has 0 aliphatic carbocycles. The molecule has 1 N–H and O–H groups in total. The number of methoxy groups -OCH3 is 1. The summed E-state index contributed by atoms with van der Waals surface area (Å²) in [6.45, 7) is 3.65. The third-order valence-corrected chi connectivity index (χ3v) is 8.60. The summed E-state index contributed by atoms with van der Waals surface area (Å²) in [6.07, 6.45) is 1.70. The second-order valence-corrected chi connectivity index (χ2v) is 11.9. The Hall–Kier alpha value is -3.27. The Bertz CT molecular complexity index is 1380. The van der Waals surface area contributed by atoms with Crippen molar-refractivity contribution in [2.75, 3.05) is 24.5 Å². The van der Waals surface area contributed by atoms with Crippen molar-refractivity contribution < 1.29 is 22.7 Å². The first kappa shape index (κ1) is 31.3. The van der Waals surface area contributed by atoms with Crippen LogP contribution in [-0.2, 0) is 26.2 Å². The molecule has 0 saturated heterocycles. The molecule has 2 amide bonds. The molecule has 3 aromatic rings. The Morgan fingerprint density at radius 2 is 1.50 bits per heavy atom. The Labute approximate surface area is 245 Å². The summed E-state index contributed by atoms with van der Waals surface area (Å²) in [5.74, 6) is -0.392. The van der Waals surface area contributed by atoms with Gasteiger partial charge in [0.25, 0.3) is 10.0 Å². The molecule has 0 aliphatic heterocycles. The number of unbranched alkanes of at least 4 members (excludes halogenated alkanes) is 1. The van der Waals surface area contributed by atoms with Gasteiger partial charge in [-0.2, -0.15) is 0 Å². The summed E-state index contributed by atoms with van der Waals surface area (Å²) in [5, 5.41) is 3.81. The number of anilines is 1. The van der Waals surface area contributed by atoms with Gasteiger partial charge in [0.2, 0.25) is 11.8 Å². The number of rotatable bonds is 13. The zero-order valence-corrected chi connectivity index (χ0v) is 25.0. The van der Waals surface area contributed by atoms with E-state index < -0.39 is 28.5 Å². The molecule has 1 unspecified atom stereocenters. The normalized spacial score (nSPS) is 11.9. The number of carbonyl (C=O) groups is 2. The number of hydrogen-bond acceptors (Lipinski definition) is 5. The monoisotopic (exact) mass is 605 g/mol. The fourth-order valence-electron chi connectivity index (χ4n) is 3.92. The van der Waals surface area contributed by atoms with E-state index in [0.29, 0.717) is 22.3 Å². The second-order valence-electron chi connectivity index (χ2n) is 9.13. The molecule has 3 aromatic carbocycles. The quantitative estimate of drug-likeness (QED) is 0.258. The number of nitrogens with one attached hydrogen (secondary N) is 1. The Kier molecular flexibility index (Phi) is 11.2. The number of halogens is 2. The number of amides is 2. The summed E-state index contributed by atoms with van der Waals surface area (Å²) in [6, 6.07) is 18.1. The van der Waals surface area contributed by atoms with Crippen molar-refractivity contribution in [3.8, 4) is 5.75 Å². The van der Waals surface area contributed by atoms with Crippen LogP contribution < -0.4 is 14.4 Å². The van der Waals surface area contributed by atoms with Gasteiger partial charge in [0, 0.05) is 23.1 Å². The maximum atomic E-state index is 13.9. The summed E-state index contributed by atoms with van der Waals surface area (Å²) in [7, 11) is -2.71. The predicted molar refractivity (Wildman–Crippen MR) is 158 cm³/mol. The van der Waals surface area contributed by atoms with Crippen LogP contribution in [0.15, 0.2) is 77.7 Å². The summed E-state index contributed by atoms with van der Waals surface area (Å²) >= 11 is 12.1. The Balaban J connectivity index is 1.99. The highest BCUT2D eigenvalue weighted by molar-refractivity contribution is 7.92. The zero-order valence-electron chi connectivity index (χ0n) is 22.6. The molecule has 40 heavy (non-hydrogen) atoms. The van der Waals surface area contributed by atoms with Gasteiger partial charge < -0.3 is 15.0 Å². The lowest BCUT2D eigenvalue weighted by molar-refractivity contribution is -0.139. The fraction of sp³-hybridized carbons (Fsp3) is 0.310. The average molecular weight is 607 g/mol. The zero-order chi connectivity index (χ0) is 29.3. The third kappa shape index (κ3) is 8.13. The summed E-state index contributed by atoms with van der Waals surface area (Å²) in [4.78, 5) is 28.2. The van der Waals surface area contributed by atoms with Gasteiger partial charge in [-0.05, 0) is 79.6 Å². The lowest BCUT2D eigenvalue weighted by Crippen LogP contribution is -2.51. The van der Waals surface area contributed by atoms with E-state index in [1.165, 1.54) is 48.4 Å². The minimum Gasteiger partial charge on any atom is -0.497 e. The van der Waals surface area contributed by atoms with Crippen LogP contribution in [0, 0.1) is 0 Å². The van der Waals surface area contributed by atoms with E-state index in [-0.39, 0.29) is 23.0 Å². The second kappa shape index (κ2) is 14.4. The van der Waals surface area contributed by atoms with Crippen molar-refractivity contribution in [1.29, 1.82) is 0 Å². The van der Waals surface area contributed by atoms with E-state index in [1.807, 2.05) is 6.92 Å². The molecular formula is C29H33Cl2N3O5S. The SMILES string of the molecule is CCCCNC(=O)C(C)N(Cc1ccc(Cl)cc1)C(=O)CN(c1ccc(Cl)cc1)S(=O)(=O)c1ccc(OC)cc1. The van der Waals surface area contributed by atoms with Gasteiger partial charge in [-0.15, -0.1) is 0 Å². The van der Waals surface area contributed by atoms with E-state index in [9.17, 15) is 18.0 Å².